The highest BCUT2D eigenvalue weighted by Gasteiger charge is 2.39. The minimum Gasteiger partial charge on any atom is -0.381 e. The van der Waals surface area contributed by atoms with Gasteiger partial charge < -0.3 is 10.5 Å². The Morgan fingerprint density at radius 3 is 2.54 bits per heavy atom. The molecule has 1 rings (SSSR count). The molecule has 0 aromatic carbocycles. The van der Waals surface area contributed by atoms with Gasteiger partial charge in [0.25, 0.3) is 0 Å². The smallest absolute Gasteiger partial charge is 0.115 e. The van der Waals surface area contributed by atoms with Crippen molar-refractivity contribution in [3.8, 4) is 0 Å². The third kappa shape index (κ3) is 2.41. The van der Waals surface area contributed by atoms with Crippen LogP contribution in [0.3, 0.4) is 0 Å². The second-order valence-electron chi connectivity index (χ2n) is 4.17. The van der Waals surface area contributed by atoms with Crippen molar-refractivity contribution in [3.63, 3.8) is 0 Å². The highest BCUT2D eigenvalue weighted by atomic mass is 19.1. The van der Waals surface area contributed by atoms with E-state index in [1.807, 2.05) is 6.92 Å². The molecule has 0 saturated carbocycles. The van der Waals surface area contributed by atoms with Crippen LogP contribution < -0.4 is 5.73 Å². The Morgan fingerprint density at radius 1 is 1.54 bits per heavy atom. The second-order valence-corrected chi connectivity index (χ2v) is 4.17. The van der Waals surface area contributed by atoms with Crippen molar-refractivity contribution >= 4 is 0 Å². The minimum absolute atomic E-state index is 0.0596. The molecular weight excluding hydrogens is 169 g/mol. The van der Waals surface area contributed by atoms with E-state index in [0.29, 0.717) is 19.8 Å². The van der Waals surface area contributed by atoms with Gasteiger partial charge in [-0.1, -0.05) is 6.92 Å². The topological polar surface area (TPSA) is 35.2 Å². The summed E-state index contributed by atoms with van der Waals surface area (Å²) in [6.45, 7) is 5.38. The highest BCUT2D eigenvalue weighted by molar-refractivity contribution is 4.88. The van der Waals surface area contributed by atoms with Crippen LogP contribution in [0.25, 0.3) is 0 Å². The fraction of sp³-hybridized carbons (Fsp3) is 1.00. The van der Waals surface area contributed by atoms with Crippen LogP contribution in [-0.2, 0) is 4.74 Å². The molecule has 0 amide bonds. The van der Waals surface area contributed by atoms with E-state index < -0.39 is 5.67 Å². The van der Waals surface area contributed by atoms with Crippen molar-refractivity contribution in [3.05, 3.63) is 0 Å². The maximum atomic E-state index is 14.2. The number of hydrogen-bond acceptors (Lipinski definition) is 2. The van der Waals surface area contributed by atoms with E-state index >= 15 is 0 Å². The summed E-state index contributed by atoms with van der Waals surface area (Å²) in [4.78, 5) is 0. The Labute approximate surface area is 79.6 Å². The Kier molecular flexibility index (Phi) is 3.68. The Morgan fingerprint density at radius 2 is 2.08 bits per heavy atom. The van der Waals surface area contributed by atoms with E-state index in [1.165, 1.54) is 0 Å². The van der Waals surface area contributed by atoms with Crippen molar-refractivity contribution in [2.45, 2.75) is 32.4 Å². The molecule has 0 aromatic heterocycles. The van der Waals surface area contributed by atoms with E-state index in [4.69, 9.17) is 10.5 Å². The molecule has 0 spiro atoms. The molecule has 13 heavy (non-hydrogen) atoms. The number of nitrogens with two attached hydrogens (primary N) is 1. The molecule has 0 radical (unpaired) electrons. The lowest BCUT2D eigenvalue weighted by atomic mass is 9.77. The average Bonchev–Trinajstić information content (AvgIpc) is 2.18. The van der Waals surface area contributed by atoms with Gasteiger partial charge in [-0.05, 0) is 32.2 Å². The lowest BCUT2D eigenvalue weighted by Crippen LogP contribution is -2.42. The fourth-order valence-electron chi connectivity index (χ4n) is 1.89. The van der Waals surface area contributed by atoms with Gasteiger partial charge in [-0.15, -0.1) is 0 Å². The molecule has 78 valence electrons. The fourth-order valence-corrected chi connectivity index (χ4v) is 1.89. The summed E-state index contributed by atoms with van der Waals surface area (Å²) in [5.74, 6) is 0.0652. The summed E-state index contributed by atoms with van der Waals surface area (Å²) in [5.41, 5.74) is 4.37. The minimum atomic E-state index is -1.13. The first-order valence-electron chi connectivity index (χ1n) is 5.05. The first kappa shape index (κ1) is 10.9. The van der Waals surface area contributed by atoms with E-state index in [0.717, 1.165) is 12.8 Å². The summed E-state index contributed by atoms with van der Waals surface area (Å²) >= 11 is 0. The van der Waals surface area contributed by atoms with Crippen LogP contribution in [0.4, 0.5) is 4.39 Å². The molecule has 3 heteroatoms. The predicted molar refractivity (Wildman–Crippen MR) is 51.3 cm³/mol. The summed E-state index contributed by atoms with van der Waals surface area (Å²) in [7, 11) is 0. The van der Waals surface area contributed by atoms with Gasteiger partial charge in [-0.25, -0.2) is 4.39 Å². The zero-order chi connectivity index (χ0) is 9.90. The molecule has 1 saturated heterocycles. The number of halogens is 1. The van der Waals surface area contributed by atoms with E-state index in [-0.39, 0.29) is 11.8 Å². The van der Waals surface area contributed by atoms with Crippen molar-refractivity contribution in [1.82, 2.24) is 0 Å². The van der Waals surface area contributed by atoms with Gasteiger partial charge >= 0.3 is 0 Å². The predicted octanol–water partition coefficient (Wildman–Crippen LogP) is 1.74. The molecule has 2 nitrogen and oxygen atoms in total. The number of alkyl halides is 1. The Balaban J connectivity index is 2.55. The molecule has 0 aromatic rings. The van der Waals surface area contributed by atoms with Gasteiger partial charge in [0, 0.05) is 19.1 Å². The third-order valence-corrected chi connectivity index (χ3v) is 3.34. The van der Waals surface area contributed by atoms with E-state index in [2.05, 4.69) is 0 Å². The molecule has 0 bridgehead atoms. The van der Waals surface area contributed by atoms with Gasteiger partial charge in [0.15, 0.2) is 0 Å². The summed E-state index contributed by atoms with van der Waals surface area (Å²) in [6.07, 6.45) is 1.66. The average molecular weight is 189 g/mol. The number of rotatable bonds is 3. The summed E-state index contributed by atoms with van der Waals surface area (Å²) in [5, 5.41) is 0. The largest absolute Gasteiger partial charge is 0.381 e. The van der Waals surface area contributed by atoms with Crippen LogP contribution >= 0.6 is 0 Å². The van der Waals surface area contributed by atoms with Gasteiger partial charge in [-0.3, -0.25) is 0 Å². The Hall–Kier alpha value is -0.150. The monoisotopic (exact) mass is 189 g/mol. The maximum Gasteiger partial charge on any atom is 0.115 e. The highest BCUT2D eigenvalue weighted by Crippen LogP contribution is 2.36. The molecule has 0 aliphatic carbocycles. The van der Waals surface area contributed by atoms with Crippen molar-refractivity contribution in [2.75, 3.05) is 19.8 Å². The normalized spacial score (nSPS) is 26.8. The second kappa shape index (κ2) is 4.38. The van der Waals surface area contributed by atoms with Gasteiger partial charge in [0.2, 0.25) is 0 Å². The van der Waals surface area contributed by atoms with Crippen LogP contribution in [0, 0.1) is 11.8 Å². The van der Waals surface area contributed by atoms with Crippen molar-refractivity contribution in [1.29, 1.82) is 0 Å². The SMILES string of the molecule is CC(CN)C(C)(F)C1CCOCC1. The van der Waals surface area contributed by atoms with Crippen LogP contribution in [0.1, 0.15) is 26.7 Å². The first-order valence-corrected chi connectivity index (χ1v) is 5.05. The Bertz CT molecular complexity index is 155. The van der Waals surface area contributed by atoms with E-state index in [9.17, 15) is 4.39 Å². The van der Waals surface area contributed by atoms with Gasteiger partial charge in [0.05, 0.1) is 0 Å². The zero-order valence-corrected chi connectivity index (χ0v) is 8.55. The lowest BCUT2D eigenvalue weighted by molar-refractivity contribution is -0.0274. The van der Waals surface area contributed by atoms with Crippen molar-refractivity contribution < 1.29 is 9.13 Å². The molecule has 1 aliphatic heterocycles. The lowest BCUT2D eigenvalue weighted by Gasteiger charge is -2.37. The maximum absolute atomic E-state index is 14.2. The van der Waals surface area contributed by atoms with Crippen LogP contribution in [0.2, 0.25) is 0 Å². The molecule has 2 N–H and O–H groups in total. The number of ether oxygens (including phenoxy) is 1. The zero-order valence-electron chi connectivity index (χ0n) is 8.55. The van der Waals surface area contributed by atoms with Gasteiger partial charge in [-0.2, -0.15) is 0 Å². The quantitative estimate of drug-likeness (QED) is 0.734. The number of hydrogen-bond donors (Lipinski definition) is 1. The molecule has 1 fully saturated rings. The van der Waals surface area contributed by atoms with Crippen molar-refractivity contribution in [2.24, 2.45) is 17.6 Å². The molecular formula is C10H20FNO. The molecule has 2 unspecified atom stereocenters. The molecule has 1 heterocycles. The van der Waals surface area contributed by atoms with E-state index in [1.54, 1.807) is 6.92 Å². The third-order valence-electron chi connectivity index (χ3n) is 3.34. The van der Waals surface area contributed by atoms with Gasteiger partial charge in [0.1, 0.15) is 5.67 Å². The summed E-state index contributed by atoms with van der Waals surface area (Å²) < 4.78 is 19.4. The van der Waals surface area contributed by atoms with Crippen LogP contribution in [-0.4, -0.2) is 25.4 Å². The van der Waals surface area contributed by atoms with Crippen LogP contribution in [0.15, 0.2) is 0 Å². The first-order chi connectivity index (χ1) is 6.09. The molecule has 1 aliphatic rings. The van der Waals surface area contributed by atoms with Crippen LogP contribution in [0.5, 0.6) is 0 Å². The summed E-state index contributed by atoms with van der Waals surface area (Å²) in [6, 6.07) is 0. The molecule has 2 atom stereocenters. The standard InChI is InChI=1S/C10H20FNO/c1-8(7-12)10(2,11)9-3-5-13-6-4-9/h8-9H,3-7,12H2,1-2H3.